The molecule has 2 atom stereocenters. The van der Waals surface area contributed by atoms with Crippen LogP contribution in [0.1, 0.15) is 31.4 Å². The van der Waals surface area contributed by atoms with Gasteiger partial charge in [0.1, 0.15) is 12.4 Å². The summed E-state index contributed by atoms with van der Waals surface area (Å²) in [6, 6.07) is 14.1. The van der Waals surface area contributed by atoms with Crippen LogP contribution in [0.5, 0.6) is 5.75 Å². The van der Waals surface area contributed by atoms with Crippen molar-refractivity contribution in [3.05, 3.63) is 70.7 Å². The molecule has 3 N–H and O–H groups in total. The van der Waals surface area contributed by atoms with E-state index in [0.717, 1.165) is 10.5 Å². The Bertz CT molecular complexity index is 900. The second-order valence-corrected chi connectivity index (χ2v) is 7.83. The lowest BCUT2D eigenvalue weighted by molar-refractivity contribution is -0.131. The highest BCUT2D eigenvalue weighted by molar-refractivity contribution is 9.10. The number of hydrogen-bond acceptors (Lipinski definition) is 6. The molecule has 0 aliphatic rings. The second kappa shape index (κ2) is 14.3. The van der Waals surface area contributed by atoms with Gasteiger partial charge in [0.25, 0.3) is 0 Å². The summed E-state index contributed by atoms with van der Waals surface area (Å²) in [6.45, 7) is 2.30. The zero-order valence-corrected chi connectivity index (χ0v) is 19.9. The molecule has 8 nitrogen and oxygen atoms in total. The van der Waals surface area contributed by atoms with Crippen LogP contribution in [0, 0.1) is 0 Å². The minimum absolute atomic E-state index is 0.0972. The van der Waals surface area contributed by atoms with E-state index >= 15 is 0 Å². The first kappa shape index (κ1) is 26.4. The number of hydrogen-bond donors (Lipinski definition) is 3. The second-order valence-electron chi connectivity index (χ2n) is 6.91. The number of rotatable bonds is 13. The van der Waals surface area contributed by atoms with Crippen molar-refractivity contribution in [1.29, 1.82) is 0 Å². The van der Waals surface area contributed by atoms with E-state index in [1.807, 2.05) is 6.92 Å². The summed E-state index contributed by atoms with van der Waals surface area (Å²) < 4.78 is 17.9. The average molecular weight is 522 g/mol. The number of allylic oxidation sites excluding steroid dienone is 1. The Morgan fingerprint density at radius 2 is 1.82 bits per heavy atom. The molecule has 9 heteroatoms. The third-order valence-corrected chi connectivity index (χ3v) is 5.02. The molecule has 0 radical (unpaired) electrons. The Labute approximate surface area is 201 Å². The molecule has 2 aromatic rings. The number of aliphatic hydroxyl groups is 1. The molecule has 0 aliphatic heterocycles. The van der Waals surface area contributed by atoms with E-state index < -0.39 is 24.3 Å². The number of benzene rings is 2. The van der Waals surface area contributed by atoms with E-state index in [1.165, 1.54) is 0 Å². The molecule has 0 unspecified atom stereocenters. The van der Waals surface area contributed by atoms with Gasteiger partial charge in [-0.15, -0.1) is 0 Å². The lowest BCUT2D eigenvalue weighted by Gasteiger charge is -2.27. The number of carboxylic acid groups (broad SMARTS) is 1. The highest BCUT2D eigenvalue weighted by Gasteiger charge is 2.27. The first-order valence-corrected chi connectivity index (χ1v) is 11.3. The monoisotopic (exact) mass is 521 g/mol. The van der Waals surface area contributed by atoms with Crippen molar-refractivity contribution in [2.45, 2.75) is 32.0 Å². The summed E-state index contributed by atoms with van der Waals surface area (Å²) in [4.78, 5) is 23.4. The molecular weight excluding hydrogens is 494 g/mol. The van der Waals surface area contributed by atoms with Gasteiger partial charge in [0, 0.05) is 22.8 Å². The van der Waals surface area contributed by atoms with Crippen LogP contribution in [0.4, 0.5) is 10.5 Å². The van der Waals surface area contributed by atoms with Crippen LogP contribution < -0.4 is 10.1 Å². The zero-order chi connectivity index (χ0) is 24.1. The quantitative estimate of drug-likeness (QED) is 0.320. The average Bonchev–Trinajstić information content (AvgIpc) is 2.80. The number of carbonyl (C=O) groups is 2. The predicted octanol–water partition coefficient (Wildman–Crippen LogP) is 4.94. The Hall–Kier alpha value is -2.88. The maximum Gasteiger partial charge on any atom is 0.412 e. The summed E-state index contributed by atoms with van der Waals surface area (Å²) in [5.41, 5.74) is 1.27. The van der Waals surface area contributed by atoms with Crippen molar-refractivity contribution in [3.63, 3.8) is 0 Å². The molecule has 0 fully saturated rings. The first-order valence-electron chi connectivity index (χ1n) is 10.5. The molecule has 0 aromatic heterocycles. The molecule has 0 spiro atoms. The van der Waals surface area contributed by atoms with Crippen molar-refractivity contribution in [2.24, 2.45) is 0 Å². The molecule has 0 saturated carbocycles. The van der Waals surface area contributed by atoms with Crippen LogP contribution in [-0.4, -0.2) is 48.2 Å². The Morgan fingerprint density at radius 1 is 1.12 bits per heavy atom. The molecular formula is C24H28BrNO7. The molecule has 2 aromatic carbocycles. The van der Waals surface area contributed by atoms with E-state index in [4.69, 9.17) is 24.4 Å². The topological polar surface area (TPSA) is 114 Å². The normalized spacial score (nSPS) is 12.8. The van der Waals surface area contributed by atoms with Crippen molar-refractivity contribution >= 4 is 33.7 Å². The number of aliphatic hydroxyl groups excluding tert-OH is 1. The summed E-state index contributed by atoms with van der Waals surface area (Å²) in [6.07, 6.45) is 1.60. The van der Waals surface area contributed by atoms with Gasteiger partial charge in [0.15, 0.2) is 6.10 Å². The molecule has 2 rings (SSSR count). The molecule has 0 heterocycles. The predicted molar refractivity (Wildman–Crippen MR) is 127 cm³/mol. The summed E-state index contributed by atoms with van der Waals surface area (Å²) in [7, 11) is 0. The van der Waals surface area contributed by atoms with E-state index in [0.29, 0.717) is 36.4 Å². The number of nitrogens with one attached hydrogen (secondary N) is 1. The number of anilines is 1. The van der Waals surface area contributed by atoms with Crippen LogP contribution >= 0.6 is 15.9 Å². The standard InChI is InChI=1S/C24H28BrNO7/c1-2-31-21(5-3-4-6-22(28)29)23(17-7-13-20(14-8-17)32-16-15-27)33-24(30)26-19-11-9-18(25)10-12-19/h4,6-14,21,23,27H,2-3,5,15-16H2,1H3,(H,26,30)(H,28,29)/b6-4+/t21-,23-/m1/s1. The van der Waals surface area contributed by atoms with E-state index in [2.05, 4.69) is 21.2 Å². The van der Waals surface area contributed by atoms with E-state index in [9.17, 15) is 9.59 Å². The van der Waals surface area contributed by atoms with Gasteiger partial charge in [0.2, 0.25) is 0 Å². The van der Waals surface area contributed by atoms with Crippen molar-refractivity contribution in [1.82, 2.24) is 0 Å². The van der Waals surface area contributed by atoms with Gasteiger partial charge >= 0.3 is 12.1 Å². The minimum Gasteiger partial charge on any atom is -0.491 e. The van der Waals surface area contributed by atoms with Gasteiger partial charge in [-0.25, -0.2) is 9.59 Å². The van der Waals surface area contributed by atoms with Crippen LogP contribution in [-0.2, 0) is 14.3 Å². The minimum atomic E-state index is -1.02. The van der Waals surface area contributed by atoms with E-state index in [1.54, 1.807) is 54.6 Å². The molecule has 178 valence electrons. The summed E-state index contributed by atoms with van der Waals surface area (Å²) >= 11 is 3.35. The van der Waals surface area contributed by atoms with Crippen molar-refractivity contribution in [3.8, 4) is 5.75 Å². The Morgan fingerprint density at radius 3 is 2.42 bits per heavy atom. The first-order chi connectivity index (χ1) is 15.9. The maximum atomic E-state index is 12.7. The van der Waals surface area contributed by atoms with Crippen molar-refractivity contribution < 1.29 is 34.0 Å². The number of halogens is 1. The van der Waals surface area contributed by atoms with Crippen LogP contribution in [0.25, 0.3) is 0 Å². The number of carbonyl (C=O) groups excluding carboxylic acids is 1. The van der Waals surface area contributed by atoms with Gasteiger partial charge < -0.3 is 24.4 Å². The van der Waals surface area contributed by atoms with Gasteiger partial charge in [-0.1, -0.05) is 34.1 Å². The summed E-state index contributed by atoms with van der Waals surface area (Å²) in [5.74, 6) is -0.452. The molecule has 0 aliphatic carbocycles. The van der Waals surface area contributed by atoms with Gasteiger partial charge in [-0.05, 0) is 61.7 Å². The summed E-state index contributed by atoms with van der Waals surface area (Å²) in [5, 5.41) is 20.4. The Balaban J connectivity index is 2.21. The number of ether oxygens (including phenoxy) is 3. The smallest absolute Gasteiger partial charge is 0.412 e. The van der Waals surface area contributed by atoms with Gasteiger partial charge in [-0.3, -0.25) is 5.32 Å². The van der Waals surface area contributed by atoms with Crippen molar-refractivity contribution in [2.75, 3.05) is 25.1 Å². The maximum absolute atomic E-state index is 12.7. The highest BCUT2D eigenvalue weighted by atomic mass is 79.9. The van der Waals surface area contributed by atoms with E-state index in [-0.39, 0.29) is 13.2 Å². The number of carboxylic acids is 1. The number of amides is 1. The third-order valence-electron chi connectivity index (χ3n) is 4.49. The SMILES string of the molecule is CCO[C@H](CC/C=C/C(=O)O)[C@H](OC(=O)Nc1ccc(Br)cc1)c1ccc(OCCO)cc1. The highest BCUT2D eigenvalue weighted by Crippen LogP contribution is 2.29. The number of aliphatic carboxylic acids is 1. The molecule has 33 heavy (non-hydrogen) atoms. The van der Waals surface area contributed by atoms with Gasteiger partial charge in [-0.2, -0.15) is 0 Å². The molecule has 0 bridgehead atoms. The van der Waals surface area contributed by atoms with Crippen LogP contribution in [0.15, 0.2) is 65.2 Å². The fourth-order valence-electron chi connectivity index (χ4n) is 3.05. The zero-order valence-electron chi connectivity index (χ0n) is 18.3. The Kier molecular flexibility index (Phi) is 11.4. The van der Waals surface area contributed by atoms with Gasteiger partial charge in [0.05, 0.1) is 12.7 Å². The third kappa shape index (κ3) is 9.65. The molecule has 1 amide bonds. The van der Waals surface area contributed by atoms with Crippen LogP contribution in [0.2, 0.25) is 0 Å². The van der Waals surface area contributed by atoms with Crippen LogP contribution in [0.3, 0.4) is 0 Å². The molecule has 0 saturated heterocycles. The fourth-order valence-corrected chi connectivity index (χ4v) is 3.32. The fraction of sp³-hybridized carbons (Fsp3) is 0.333. The lowest BCUT2D eigenvalue weighted by atomic mass is 10.00. The largest absolute Gasteiger partial charge is 0.491 e. The lowest BCUT2D eigenvalue weighted by Crippen LogP contribution is -2.29.